The van der Waals surface area contributed by atoms with Crippen molar-refractivity contribution in [3.63, 3.8) is 0 Å². The van der Waals surface area contributed by atoms with E-state index < -0.39 is 5.97 Å². The molecule has 2 heterocycles. The minimum absolute atomic E-state index is 0.158. The van der Waals surface area contributed by atoms with Gasteiger partial charge in [0.1, 0.15) is 16.5 Å². The molecule has 5 nitrogen and oxygen atoms in total. The van der Waals surface area contributed by atoms with Crippen LogP contribution in [0.4, 0.5) is 5.82 Å². The van der Waals surface area contributed by atoms with E-state index in [1.54, 1.807) is 0 Å². The van der Waals surface area contributed by atoms with Gasteiger partial charge in [-0.15, -0.1) is 0 Å². The number of nitrogens with zero attached hydrogens (tertiary/aromatic N) is 2. The van der Waals surface area contributed by atoms with Crippen molar-refractivity contribution < 1.29 is 9.90 Å². The molecule has 0 radical (unpaired) electrons. The number of pyridine rings is 1. The molecule has 0 saturated carbocycles. The molecule has 0 aliphatic carbocycles. The summed E-state index contributed by atoms with van der Waals surface area (Å²) in [7, 11) is 0. The number of carboxylic acids is 1. The van der Waals surface area contributed by atoms with Crippen LogP contribution in [0.15, 0.2) is 12.1 Å². The number of piperidine rings is 1. The van der Waals surface area contributed by atoms with Crippen LogP contribution in [0.2, 0.25) is 5.15 Å². The van der Waals surface area contributed by atoms with Gasteiger partial charge in [0.25, 0.3) is 0 Å². The summed E-state index contributed by atoms with van der Waals surface area (Å²) in [5, 5.41) is 12.5. The topological polar surface area (TPSA) is 65.5 Å². The molecule has 1 aromatic heterocycles. The number of rotatable bonds is 6. The maximum Gasteiger partial charge on any atom is 0.339 e. The lowest BCUT2D eigenvalue weighted by Crippen LogP contribution is -2.38. The van der Waals surface area contributed by atoms with Gasteiger partial charge in [0.2, 0.25) is 0 Å². The van der Waals surface area contributed by atoms with Crippen LogP contribution in [0.1, 0.15) is 43.0 Å². The summed E-state index contributed by atoms with van der Waals surface area (Å²) in [5.74, 6) is -0.645. The van der Waals surface area contributed by atoms with Crippen LogP contribution < -0.4 is 5.32 Å². The van der Waals surface area contributed by atoms with Crippen LogP contribution in [0.5, 0.6) is 0 Å². The number of aromatic nitrogens is 1. The molecule has 1 unspecified atom stereocenters. The summed E-state index contributed by atoms with van der Waals surface area (Å²) in [6.45, 7) is 5.15. The molecule has 0 bridgehead atoms. The third-order valence-electron chi connectivity index (χ3n) is 3.95. The highest BCUT2D eigenvalue weighted by molar-refractivity contribution is 6.29. The van der Waals surface area contributed by atoms with Gasteiger partial charge >= 0.3 is 5.97 Å². The van der Waals surface area contributed by atoms with E-state index >= 15 is 0 Å². The van der Waals surface area contributed by atoms with E-state index in [1.165, 1.54) is 31.4 Å². The van der Waals surface area contributed by atoms with Crippen molar-refractivity contribution in [2.45, 2.75) is 38.6 Å². The number of hydrogen-bond donors (Lipinski definition) is 2. The Bertz CT molecular complexity index is 496. The van der Waals surface area contributed by atoms with Crippen LogP contribution >= 0.6 is 11.6 Å². The number of anilines is 1. The SMILES string of the molecule is CC1CCCCN1CCCNc1nc(Cl)ccc1C(=O)O. The Balaban J connectivity index is 1.83. The van der Waals surface area contributed by atoms with E-state index in [2.05, 4.69) is 22.1 Å². The number of likely N-dealkylation sites (tertiary alicyclic amines) is 1. The molecule has 1 saturated heterocycles. The zero-order valence-electron chi connectivity index (χ0n) is 12.3. The van der Waals surface area contributed by atoms with Crippen LogP contribution in [-0.2, 0) is 0 Å². The third-order valence-corrected chi connectivity index (χ3v) is 4.16. The zero-order valence-corrected chi connectivity index (χ0v) is 13.1. The molecule has 116 valence electrons. The number of hydrogen-bond acceptors (Lipinski definition) is 4. The minimum atomic E-state index is -0.994. The van der Waals surface area contributed by atoms with Gasteiger partial charge in [0.15, 0.2) is 0 Å². The standard InChI is InChI=1S/C15H22ClN3O2/c1-11-5-2-3-9-19(11)10-4-8-17-14-12(15(20)21)6-7-13(16)18-14/h6-7,11H,2-5,8-10H2,1H3,(H,17,18)(H,20,21). The third kappa shape index (κ3) is 4.58. The molecule has 2 N–H and O–H groups in total. The summed E-state index contributed by atoms with van der Waals surface area (Å²) in [5.41, 5.74) is 0.158. The first-order valence-electron chi connectivity index (χ1n) is 7.45. The lowest BCUT2D eigenvalue weighted by atomic mass is 10.0. The number of carboxylic acid groups (broad SMARTS) is 1. The molecule has 0 amide bonds. The monoisotopic (exact) mass is 311 g/mol. The van der Waals surface area contributed by atoms with Crippen molar-refractivity contribution >= 4 is 23.4 Å². The number of aromatic carboxylic acids is 1. The number of halogens is 1. The first-order valence-corrected chi connectivity index (χ1v) is 7.83. The van der Waals surface area contributed by atoms with Gasteiger partial charge in [-0.3, -0.25) is 0 Å². The smallest absolute Gasteiger partial charge is 0.339 e. The molecule has 0 aromatic carbocycles. The zero-order chi connectivity index (χ0) is 15.2. The van der Waals surface area contributed by atoms with Crippen molar-refractivity contribution in [1.82, 2.24) is 9.88 Å². The predicted molar refractivity (Wildman–Crippen MR) is 84.2 cm³/mol. The Kier molecular flexibility index (Phi) is 5.82. The van der Waals surface area contributed by atoms with E-state index in [4.69, 9.17) is 16.7 Å². The fourth-order valence-corrected chi connectivity index (χ4v) is 2.87. The second-order valence-electron chi connectivity index (χ2n) is 5.50. The van der Waals surface area contributed by atoms with Gasteiger partial charge in [-0.05, 0) is 44.9 Å². The van der Waals surface area contributed by atoms with Gasteiger partial charge in [-0.1, -0.05) is 18.0 Å². The lowest BCUT2D eigenvalue weighted by Gasteiger charge is -2.33. The van der Waals surface area contributed by atoms with Crippen molar-refractivity contribution in [1.29, 1.82) is 0 Å². The molecule has 1 fully saturated rings. The van der Waals surface area contributed by atoms with Crippen molar-refractivity contribution in [3.05, 3.63) is 22.8 Å². The van der Waals surface area contributed by atoms with Crippen LogP contribution in [0.25, 0.3) is 0 Å². The highest BCUT2D eigenvalue weighted by Crippen LogP contribution is 2.18. The second kappa shape index (κ2) is 7.61. The summed E-state index contributed by atoms with van der Waals surface area (Å²) in [6, 6.07) is 3.62. The average molecular weight is 312 g/mol. The average Bonchev–Trinajstić information content (AvgIpc) is 2.45. The normalized spacial score (nSPS) is 19.4. The molecule has 21 heavy (non-hydrogen) atoms. The number of carbonyl (C=O) groups is 1. The van der Waals surface area contributed by atoms with E-state index in [9.17, 15) is 4.79 Å². The summed E-state index contributed by atoms with van der Waals surface area (Å²) in [6.07, 6.45) is 4.82. The van der Waals surface area contributed by atoms with E-state index in [0.29, 0.717) is 23.6 Å². The summed E-state index contributed by atoms with van der Waals surface area (Å²) in [4.78, 5) is 17.7. The van der Waals surface area contributed by atoms with Gasteiger partial charge in [-0.25, -0.2) is 9.78 Å². The largest absolute Gasteiger partial charge is 0.478 e. The highest BCUT2D eigenvalue weighted by Gasteiger charge is 2.17. The molecular formula is C15H22ClN3O2. The van der Waals surface area contributed by atoms with Crippen molar-refractivity contribution in [2.24, 2.45) is 0 Å². The molecule has 1 aromatic rings. The number of nitrogens with one attached hydrogen (secondary N) is 1. The molecule has 0 spiro atoms. The van der Waals surface area contributed by atoms with Crippen molar-refractivity contribution in [2.75, 3.05) is 25.0 Å². The molecule has 2 rings (SSSR count). The Hall–Kier alpha value is -1.33. The predicted octanol–water partition coefficient (Wildman–Crippen LogP) is 3.11. The fraction of sp³-hybridized carbons (Fsp3) is 0.600. The van der Waals surface area contributed by atoms with Gasteiger partial charge in [-0.2, -0.15) is 0 Å². The van der Waals surface area contributed by atoms with Gasteiger partial charge < -0.3 is 15.3 Å². The molecular weight excluding hydrogens is 290 g/mol. The van der Waals surface area contributed by atoms with Crippen molar-refractivity contribution in [3.8, 4) is 0 Å². The van der Waals surface area contributed by atoms with E-state index in [1.807, 2.05) is 0 Å². The quantitative estimate of drug-likeness (QED) is 0.624. The van der Waals surface area contributed by atoms with Crippen LogP contribution in [-0.4, -0.2) is 46.6 Å². The first kappa shape index (κ1) is 16.0. The van der Waals surface area contributed by atoms with Crippen LogP contribution in [0, 0.1) is 0 Å². The second-order valence-corrected chi connectivity index (χ2v) is 5.88. The Morgan fingerprint density at radius 1 is 1.52 bits per heavy atom. The lowest BCUT2D eigenvalue weighted by molar-refractivity contribution is 0.0697. The fourth-order valence-electron chi connectivity index (χ4n) is 2.72. The maximum absolute atomic E-state index is 11.1. The van der Waals surface area contributed by atoms with Crippen LogP contribution in [0.3, 0.4) is 0 Å². The minimum Gasteiger partial charge on any atom is -0.478 e. The molecule has 1 atom stereocenters. The molecule has 1 aliphatic heterocycles. The van der Waals surface area contributed by atoms with E-state index in [0.717, 1.165) is 19.5 Å². The molecule has 1 aliphatic rings. The van der Waals surface area contributed by atoms with E-state index in [-0.39, 0.29) is 5.56 Å². The Labute approximate surface area is 130 Å². The first-order chi connectivity index (χ1) is 10.1. The summed E-state index contributed by atoms with van der Waals surface area (Å²) < 4.78 is 0. The Morgan fingerprint density at radius 2 is 2.33 bits per heavy atom. The van der Waals surface area contributed by atoms with Gasteiger partial charge in [0, 0.05) is 19.1 Å². The highest BCUT2D eigenvalue weighted by atomic mass is 35.5. The van der Waals surface area contributed by atoms with Gasteiger partial charge in [0.05, 0.1) is 0 Å². The Morgan fingerprint density at radius 3 is 3.05 bits per heavy atom. The maximum atomic E-state index is 11.1. The summed E-state index contributed by atoms with van der Waals surface area (Å²) >= 11 is 5.82. The molecule has 6 heteroatoms.